The van der Waals surface area contributed by atoms with Crippen LogP contribution in [0, 0.1) is 6.92 Å². The van der Waals surface area contributed by atoms with Crippen molar-refractivity contribution in [1.29, 1.82) is 0 Å². The van der Waals surface area contributed by atoms with Crippen molar-refractivity contribution in [3.8, 4) is 0 Å². The Kier molecular flexibility index (Phi) is 2.11. The number of rotatable bonds is 2. The smallest absolute Gasteiger partial charge is 0.177 e. The van der Waals surface area contributed by atoms with Gasteiger partial charge in [0.25, 0.3) is 0 Å². The molecule has 1 aromatic rings. The first-order chi connectivity index (χ1) is 5.27. The fourth-order valence-electron chi connectivity index (χ4n) is 0.785. The second kappa shape index (κ2) is 3.05. The van der Waals surface area contributed by atoms with Gasteiger partial charge in [0.15, 0.2) is 5.82 Å². The lowest BCUT2D eigenvalue weighted by atomic mass is 10.3. The molecule has 11 heavy (non-hydrogen) atoms. The van der Waals surface area contributed by atoms with E-state index >= 15 is 0 Å². The number of aliphatic imine (C=N–C) groups is 2. The predicted octanol–water partition coefficient (Wildman–Crippen LogP) is 2.05. The Morgan fingerprint density at radius 1 is 1.36 bits per heavy atom. The summed E-state index contributed by atoms with van der Waals surface area (Å²) in [7, 11) is 0. The Labute approximate surface area is 65.5 Å². The van der Waals surface area contributed by atoms with Crippen molar-refractivity contribution in [1.82, 2.24) is 4.98 Å². The van der Waals surface area contributed by atoms with Crippen LogP contribution in [0.3, 0.4) is 0 Å². The molecule has 0 spiro atoms. The highest BCUT2D eigenvalue weighted by atomic mass is 14.9. The van der Waals surface area contributed by atoms with Crippen LogP contribution < -0.4 is 0 Å². The monoisotopic (exact) mass is 147 g/mol. The van der Waals surface area contributed by atoms with Crippen LogP contribution in [-0.4, -0.2) is 18.4 Å². The maximum absolute atomic E-state index is 4.00. The summed E-state index contributed by atoms with van der Waals surface area (Å²) in [5.41, 5.74) is 1.72. The van der Waals surface area contributed by atoms with Crippen LogP contribution in [-0.2, 0) is 0 Å². The Morgan fingerprint density at radius 2 is 2.09 bits per heavy atom. The van der Waals surface area contributed by atoms with E-state index in [2.05, 4.69) is 28.4 Å². The summed E-state index contributed by atoms with van der Waals surface area (Å²) in [5.74, 6) is 0.533. The quantitative estimate of drug-likeness (QED) is 0.590. The first kappa shape index (κ1) is 7.60. The van der Waals surface area contributed by atoms with Crippen molar-refractivity contribution in [2.24, 2.45) is 9.98 Å². The molecule has 0 saturated heterocycles. The molecule has 0 bridgehead atoms. The van der Waals surface area contributed by atoms with Crippen LogP contribution in [0.4, 0.5) is 11.5 Å². The molecule has 3 nitrogen and oxygen atoms in total. The van der Waals surface area contributed by atoms with Crippen molar-refractivity contribution < 1.29 is 0 Å². The molecule has 1 aromatic heterocycles. The molecular formula is C8H9N3. The van der Waals surface area contributed by atoms with E-state index in [1.54, 1.807) is 6.20 Å². The van der Waals surface area contributed by atoms with Crippen molar-refractivity contribution in [2.75, 3.05) is 0 Å². The van der Waals surface area contributed by atoms with E-state index in [0.717, 1.165) is 5.56 Å². The van der Waals surface area contributed by atoms with E-state index in [0.29, 0.717) is 11.5 Å². The minimum absolute atomic E-state index is 0.533. The molecular weight excluding hydrogens is 138 g/mol. The third-order valence-corrected chi connectivity index (χ3v) is 1.30. The number of hydrogen-bond donors (Lipinski definition) is 0. The zero-order valence-corrected chi connectivity index (χ0v) is 6.41. The highest BCUT2D eigenvalue weighted by Gasteiger charge is 1.97. The Bertz CT molecular complexity index is 291. The van der Waals surface area contributed by atoms with Crippen LogP contribution in [0.1, 0.15) is 5.56 Å². The largest absolute Gasteiger partial charge is 0.261 e. The lowest BCUT2D eigenvalue weighted by Crippen LogP contribution is -1.77. The van der Waals surface area contributed by atoms with E-state index < -0.39 is 0 Å². The molecule has 56 valence electrons. The number of aryl methyl sites for hydroxylation is 1. The van der Waals surface area contributed by atoms with E-state index in [1.807, 2.05) is 13.0 Å². The van der Waals surface area contributed by atoms with Gasteiger partial charge in [-0.2, -0.15) is 0 Å². The Balaban J connectivity index is 3.26. The van der Waals surface area contributed by atoms with Gasteiger partial charge < -0.3 is 0 Å². The second-order valence-electron chi connectivity index (χ2n) is 2.17. The normalized spacial score (nSPS) is 9.18. The molecule has 0 aromatic carbocycles. The molecule has 0 radical (unpaired) electrons. The van der Waals surface area contributed by atoms with Crippen LogP contribution in [0.2, 0.25) is 0 Å². The van der Waals surface area contributed by atoms with Gasteiger partial charge in [0.2, 0.25) is 0 Å². The molecule has 0 aliphatic rings. The van der Waals surface area contributed by atoms with E-state index in [-0.39, 0.29) is 0 Å². The van der Waals surface area contributed by atoms with Crippen molar-refractivity contribution >= 4 is 24.9 Å². The first-order valence-electron chi connectivity index (χ1n) is 3.18. The maximum atomic E-state index is 4.00. The summed E-state index contributed by atoms with van der Waals surface area (Å²) < 4.78 is 0. The van der Waals surface area contributed by atoms with Gasteiger partial charge in [-0.3, -0.25) is 4.99 Å². The molecule has 0 N–H and O–H groups in total. The maximum Gasteiger partial charge on any atom is 0.177 e. The molecule has 0 aliphatic heterocycles. The third kappa shape index (κ3) is 1.49. The summed E-state index contributed by atoms with van der Waals surface area (Å²) >= 11 is 0. The van der Waals surface area contributed by atoms with E-state index in [4.69, 9.17) is 0 Å². The van der Waals surface area contributed by atoms with Crippen LogP contribution in [0.25, 0.3) is 0 Å². The summed E-state index contributed by atoms with van der Waals surface area (Å²) in [6.07, 6.45) is 1.72. The number of pyridine rings is 1. The fourth-order valence-corrected chi connectivity index (χ4v) is 0.785. The molecule has 0 saturated carbocycles. The van der Waals surface area contributed by atoms with Gasteiger partial charge in [0.05, 0.1) is 0 Å². The molecule has 1 rings (SSSR count). The molecule has 3 heteroatoms. The summed E-state index contributed by atoms with van der Waals surface area (Å²) in [5, 5.41) is 0. The van der Waals surface area contributed by atoms with Gasteiger partial charge in [0, 0.05) is 6.20 Å². The molecule has 0 fully saturated rings. The highest BCUT2D eigenvalue weighted by molar-refractivity contribution is 5.62. The Hall–Kier alpha value is -1.51. The second-order valence-corrected chi connectivity index (χ2v) is 2.17. The van der Waals surface area contributed by atoms with Gasteiger partial charge in [-0.1, -0.05) is 0 Å². The van der Waals surface area contributed by atoms with Crippen LogP contribution in [0.15, 0.2) is 22.2 Å². The van der Waals surface area contributed by atoms with E-state index in [1.165, 1.54) is 0 Å². The zero-order valence-electron chi connectivity index (χ0n) is 6.41. The standard InChI is InChI=1S/C8H9N3/c1-6-4-7(9-2)8(10-3)11-5-6/h4-5H,2-3H2,1H3. The highest BCUT2D eigenvalue weighted by Crippen LogP contribution is 2.24. The molecule has 0 unspecified atom stereocenters. The summed E-state index contributed by atoms with van der Waals surface area (Å²) in [6.45, 7) is 8.71. The number of nitrogens with zero attached hydrogens (tertiary/aromatic N) is 3. The van der Waals surface area contributed by atoms with Crippen LogP contribution >= 0.6 is 0 Å². The van der Waals surface area contributed by atoms with E-state index in [9.17, 15) is 0 Å². The number of aromatic nitrogens is 1. The van der Waals surface area contributed by atoms with Crippen molar-refractivity contribution in [2.45, 2.75) is 6.92 Å². The van der Waals surface area contributed by atoms with Crippen LogP contribution in [0.5, 0.6) is 0 Å². The lowest BCUT2D eigenvalue weighted by molar-refractivity contribution is 1.23. The average molecular weight is 147 g/mol. The minimum Gasteiger partial charge on any atom is -0.261 e. The van der Waals surface area contributed by atoms with Gasteiger partial charge in [-0.05, 0) is 32.0 Å². The zero-order chi connectivity index (χ0) is 8.27. The minimum atomic E-state index is 0.533. The fraction of sp³-hybridized carbons (Fsp3) is 0.125. The first-order valence-corrected chi connectivity index (χ1v) is 3.18. The van der Waals surface area contributed by atoms with Gasteiger partial charge in [-0.25, -0.2) is 9.98 Å². The molecule has 0 atom stereocenters. The van der Waals surface area contributed by atoms with Gasteiger partial charge >= 0.3 is 0 Å². The van der Waals surface area contributed by atoms with Crippen molar-refractivity contribution in [3.63, 3.8) is 0 Å². The van der Waals surface area contributed by atoms with Gasteiger partial charge in [0.1, 0.15) is 5.69 Å². The summed E-state index contributed by atoms with van der Waals surface area (Å²) in [6, 6.07) is 1.87. The molecule has 0 aliphatic carbocycles. The van der Waals surface area contributed by atoms with Gasteiger partial charge in [-0.15, -0.1) is 0 Å². The number of hydrogen-bond acceptors (Lipinski definition) is 3. The topological polar surface area (TPSA) is 37.6 Å². The molecule has 1 heterocycles. The van der Waals surface area contributed by atoms with Crippen molar-refractivity contribution in [3.05, 3.63) is 17.8 Å². The summed E-state index contributed by atoms with van der Waals surface area (Å²) in [4.78, 5) is 11.4. The lowest BCUT2D eigenvalue weighted by Gasteiger charge is -1.97. The third-order valence-electron chi connectivity index (χ3n) is 1.30. The SMILES string of the molecule is C=Nc1cc(C)cnc1N=C. The average Bonchev–Trinajstić information content (AvgIpc) is 2.04. The Morgan fingerprint density at radius 3 is 2.64 bits per heavy atom. The molecule has 0 amide bonds. The predicted molar refractivity (Wildman–Crippen MR) is 47.4 cm³/mol.